The first-order valence-electron chi connectivity index (χ1n) is 35.8. The number of esters is 1. The van der Waals surface area contributed by atoms with Crippen molar-refractivity contribution < 1.29 is 24.5 Å². The molecule has 6 heteroatoms. The summed E-state index contributed by atoms with van der Waals surface area (Å²) in [6.07, 6.45) is 88.0. The maximum Gasteiger partial charge on any atom is 0.305 e. The first kappa shape index (κ1) is 77.1. The van der Waals surface area contributed by atoms with Gasteiger partial charge in [0.25, 0.3) is 0 Å². The first-order valence-corrected chi connectivity index (χ1v) is 35.8. The summed E-state index contributed by atoms with van der Waals surface area (Å²) in [6.45, 7) is 4.93. The van der Waals surface area contributed by atoms with Crippen LogP contribution in [0.2, 0.25) is 0 Å². The Morgan fingerprint density at radius 3 is 0.899 bits per heavy atom. The molecule has 0 heterocycles. The lowest BCUT2D eigenvalue weighted by atomic mass is 10.0. The van der Waals surface area contributed by atoms with Gasteiger partial charge in [-0.2, -0.15) is 0 Å². The minimum atomic E-state index is -0.844. The van der Waals surface area contributed by atoms with Crippen molar-refractivity contribution in [2.24, 2.45) is 0 Å². The second kappa shape index (κ2) is 68.6. The van der Waals surface area contributed by atoms with Crippen LogP contribution >= 0.6 is 0 Å². The van der Waals surface area contributed by atoms with Gasteiger partial charge in [-0.3, -0.25) is 9.59 Å². The molecule has 79 heavy (non-hydrogen) atoms. The third-order valence-electron chi connectivity index (χ3n) is 16.6. The van der Waals surface area contributed by atoms with Crippen molar-refractivity contribution >= 4 is 11.9 Å². The molecule has 3 N–H and O–H groups in total. The van der Waals surface area contributed by atoms with E-state index >= 15 is 0 Å². The molecule has 0 aliphatic heterocycles. The SMILES string of the molecule is CCCCCCCC/C=C\CCCCCCCCCCCC(=O)OCCCCCCCCCCCCCC/C=C\CCCCCCCCCCCCCCC(=O)NC(CO)C(O)/C=C/CCCCCCCCCCCCCCC. The van der Waals surface area contributed by atoms with Gasteiger partial charge in [0.1, 0.15) is 0 Å². The molecule has 0 aromatic heterocycles. The topological polar surface area (TPSA) is 95.9 Å². The van der Waals surface area contributed by atoms with Crippen molar-refractivity contribution in [1.29, 1.82) is 0 Å². The number of rotatable bonds is 67. The number of nitrogens with one attached hydrogen (secondary N) is 1. The number of hydrogen-bond donors (Lipinski definition) is 3. The molecular weight excluding hydrogens is 971 g/mol. The fourth-order valence-electron chi connectivity index (χ4n) is 11.2. The molecule has 0 fully saturated rings. The van der Waals surface area contributed by atoms with Crippen LogP contribution in [0.3, 0.4) is 0 Å². The lowest BCUT2D eigenvalue weighted by molar-refractivity contribution is -0.143. The Morgan fingerprint density at radius 1 is 0.342 bits per heavy atom. The molecule has 1 amide bonds. The number of amides is 1. The van der Waals surface area contributed by atoms with Gasteiger partial charge in [0.15, 0.2) is 0 Å². The number of carbonyl (C=O) groups is 2. The number of aliphatic hydroxyl groups is 2. The van der Waals surface area contributed by atoms with E-state index in [0.29, 0.717) is 19.4 Å². The standard InChI is InChI=1S/C73H139NO5/c1-3-5-7-9-11-13-15-17-19-20-31-35-39-43-47-51-55-59-63-67-73(78)79-68-64-60-56-52-48-44-40-36-33-30-28-26-24-22-21-23-25-27-29-32-34-38-42-46-50-54-58-62-66-72(77)74-70(69-75)71(76)65-61-57-53-49-45-41-37-18-16-14-12-10-8-6-4-2/h17,19,21-22,61,65,70-71,75-76H,3-16,18,20,23-60,62-64,66-69H2,1-2H3,(H,74,77)/b19-17-,22-21-,65-61+. The maximum absolute atomic E-state index is 12.5. The van der Waals surface area contributed by atoms with E-state index in [1.165, 1.54) is 327 Å². The summed E-state index contributed by atoms with van der Waals surface area (Å²) >= 11 is 0. The lowest BCUT2D eigenvalue weighted by Gasteiger charge is -2.20. The molecule has 466 valence electrons. The van der Waals surface area contributed by atoms with Gasteiger partial charge in [-0.25, -0.2) is 0 Å². The van der Waals surface area contributed by atoms with Crippen molar-refractivity contribution in [3.63, 3.8) is 0 Å². The Bertz CT molecular complexity index is 1280. The third-order valence-corrected chi connectivity index (χ3v) is 16.6. The molecule has 0 saturated carbocycles. The largest absolute Gasteiger partial charge is 0.466 e. The average molecular weight is 1110 g/mol. The first-order chi connectivity index (χ1) is 39.0. The minimum Gasteiger partial charge on any atom is -0.466 e. The third kappa shape index (κ3) is 65.1. The van der Waals surface area contributed by atoms with Gasteiger partial charge < -0.3 is 20.3 Å². The predicted molar refractivity (Wildman–Crippen MR) is 347 cm³/mol. The van der Waals surface area contributed by atoms with Crippen LogP contribution in [0.25, 0.3) is 0 Å². The smallest absolute Gasteiger partial charge is 0.305 e. The zero-order chi connectivity index (χ0) is 57.1. The number of aliphatic hydroxyl groups excluding tert-OH is 2. The van der Waals surface area contributed by atoms with E-state index in [2.05, 4.69) is 43.5 Å². The zero-order valence-electron chi connectivity index (χ0n) is 53.4. The van der Waals surface area contributed by atoms with E-state index in [4.69, 9.17) is 4.74 Å². The molecule has 6 nitrogen and oxygen atoms in total. The summed E-state index contributed by atoms with van der Waals surface area (Å²) in [4.78, 5) is 24.6. The number of allylic oxidation sites excluding steroid dienone is 5. The highest BCUT2D eigenvalue weighted by atomic mass is 16.5. The van der Waals surface area contributed by atoms with Gasteiger partial charge in [0.2, 0.25) is 5.91 Å². The Hall–Kier alpha value is -1.92. The predicted octanol–water partition coefficient (Wildman–Crippen LogP) is 23.1. The van der Waals surface area contributed by atoms with Gasteiger partial charge in [-0.05, 0) is 83.5 Å². The van der Waals surface area contributed by atoms with Gasteiger partial charge in [-0.15, -0.1) is 0 Å². The molecule has 0 spiro atoms. The summed E-state index contributed by atoms with van der Waals surface area (Å²) in [6, 6.07) is -0.628. The van der Waals surface area contributed by atoms with Gasteiger partial charge in [0.05, 0.1) is 25.4 Å². The Labute approximate surface area is 494 Å². The molecule has 0 aromatic carbocycles. The number of ether oxygens (including phenoxy) is 1. The van der Waals surface area contributed by atoms with Crippen molar-refractivity contribution in [3.05, 3.63) is 36.5 Å². The number of carbonyl (C=O) groups excluding carboxylic acids is 2. The molecular formula is C73H139NO5. The highest BCUT2D eigenvalue weighted by Crippen LogP contribution is 2.18. The van der Waals surface area contributed by atoms with E-state index in [1.54, 1.807) is 6.08 Å². The maximum atomic E-state index is 12.5. The normalized spacial score (nSPS) is 12.7. The number of unbranched alkanes of at least 4 members (excludes halogenated alkanes) is 52. The average Bonchev–Trinajstić information content (AvgIpc) is 3.45. The summed E-state index contributed by atoms with van der Waals surface area (Å²) in [5.74, 6) is -0.0504. The van der Waals surface area contributed by atoms with Crippen molar-refractivity contribution in [1.82, 2.24) is 5.32 Å². The lowest BCUT2D eigenvalue weighted by Crippen LogP contribution is -2.45. The van der Waals surface area contributed by atoms with Crippen molar-refractivity contribution in [2.75, 3.05) is 13.2 Å². The van der Waals surface area contributed by atoms with Crippen LogP contribution in [0.1, 0.15) is 393 Å². The molecule has 0 radical (unpaired) electrons. The Morgan fingerprint density at radius 2 is 0.595 bits per heavy atom. The van der Waals surface area contributed by atoms with E-state index in [9.17, 15) is 19.8 Å². The van der Waals surface area contributed by atoms with Gasteiger partial charge in [-0.1, -0.05) is 333 Å². The fraction of sp³-hybridized carbons (Fsp3) is 0.890. The summed E-state index contributed by atoms with van der Waals surface area (Å²) in [7, 11) is 0. The molecule has 0 bridgehead atoms. The van der Waals surface area contributed by atoms with Crippen LogP contribution in [0.4, 0.5) is 0 Å². The minimum absolute atomic E-state index is 0.0155. The van der Waals surface area contributed by atoms with Crippen molar-refractivity contribution in [3.8, 4) is 0 Å². The fourth-order valence-corrected chi connectivity index (χ4v) is 11.2. The highest BCUT2D eigenvalue weighted by molar-refractivity contribution is 5.76. The van der Waals surface area contributed by atoms with Crippen LogP contribution in [0.5, 0.6) is 0 Å². The van der Waals surface area contributed by atoms with E-state index in [0.717, 1.165) is 38.5 Å². The molecule has 0 saturated heterocycles. The zero-order valence-corrected chi connectivity index (χ0v) is 53.4. The molecule has 2 unspecified atom stereocenters. The molecule has 0 aliphatic rings. The highest BCUT2D eigenvalue weighted by Gasteiger charge is 2.18. The summed E-state index contributed by atoms with van der Waals surface area (Å²) < 4.78 is 5.51. The summed E-state index contributed by atoms with van der Waals surface area (Å²) in [5, 5.41) is 23.2. The molecule has 0 rings (SSSR count). The van der Waals surface area contributed by atoms with E-state index in [-0.39, 0.29) is 18.5 Å². The van der Waals surface area contributed by atoms with Crippen LogP contribution in [0.15, 0.2) is 36.5 Å². The number of hydrogen-bond acceptors (Lipinski definition) is 5. The van der Waals surface area contributed by atoms with Crippen LogP contribution < -0.4 is 5.32 Å². The van der Waals surface area contributed by atoms with Gasteiger partial charge in [0, 0.05) is 12.8 Å². The van der Waals surface area contributed by atoms with Gasteiger partial charge >= 0.3 is 5.97 Å². The Kier molecular flexibility index (Phi) is 66.9. The summed E-state index contributed by atoms with van der Waals surface area (Å²) in [5.41, 5.74) is 0. The monoisotopic (exact) mass is 1110 g/mol. The van der Waals surface area contributed by atoms with Crippen LogP contribution in [-0.4, -0.2) is 47.4 Å². The molecule has 2 atom stereocenters. The van der Waals surface area contributed by atoms with Crippen molar-refractivity contribution in [2.45, 2.75) is 405 Å². The quantitative estimate of drug-likeness (QED) is 0.0320. The van der Waals surface area contributed by atoms with E-state index in [1.807, 2.05) is 6.08 Å². The van der Waals surface area contributed by atoms with Crippen LogP contribution in [-0.2, 0) is 14.3 Å². The van der Waals surface area contributed by atoms with E-state index < -0.39 is 12.1 Å². The molecule has 0 aromatic rings. The molecule has 0 aliphatic carbocycles. The second-order valence-electron chi connectivity index (χ2n) is 24.6. The Balaban J connectivity index is 3.37. The van der Waals surface area contributed by atoms with Crippen LogP contribution in [0, 0.1) is 0 Å². The second-order valence-corrected chi connectivity index (χ2v) is 24.6.